The fraction of sp³-hybridized carbons (Fsp3) is 0.529. The third-order valence-electron chi connectivity index (χ3n) is 2.86. The van der Waals surface area contributed by atoms with Gasteiger partial charge in [-0.05, 0) is 26.3 Å². The number of hydrogen-bond donors (Lipinski definition) is 1. The van der Waals surface area contributed by atoms with Gasteiger partial charge in [-0.25, -0.2) is 4.79 Å². The molecule has 8 nitrogen and oxygen atoms in total. The molecule has 9 heteroatoms. The number of nitrogens with one attached hydrogen (secondary N) is 1. The van der Waals surface area contributed by atoms with Gasteiger partial charge in [0.2, 0.25) is 0 Å². The summed E-state index contributed by atoms with van der Waals surface area (Å²) >= 11 is 0. The van der Waals surface area contributed by atoms with Crippen LogP contribution in [0.5, 0.6) is 0 Å². The molecule has 0 aromatic heterocycles. The van der Waals surface area contributed by atoms with Gasteiger partial charge in [0.25, 0.3) is 10.1 Å². The van der Waals surface area contributed by atoms with Crippen LogP contribution in [-0.2, 0) is 35.2 Å². The first-order valence-corrected chi connectivity index (χ1v) is 9.80. The van der Waals surface area contributed by atoms with Crippen molar-refractivity contribution in [1.29, 1.82) is 0 Å². The van der Waals surface area contributed by atoms with Crippen LogP contribution in [0.2, 0.25) is 0 Å². The van der Waals surface area contributed by atoms with Crippen molar-refractivity contribution in [3.8, 4) is 0 Å². The minimum Gasteiger partial charge on any atom is -0.461 e. The summed E-state index contributed by atoms with van der Waals surface area (Å²) in [6.45, 7) is 4.72. The van der Waals surface area contributed by atoms with Gasteiger partial charge in [-0.3, -0.25) is 8.98 Å². The molecule has 0 bridgehead atoms. The van der Waals surface area contributed by atoms with Crippen LogP contribution in [0.3, 0.4) is 0 Å². The fourth-order valence-corrected chi connectivity index (χ4v) is 2.24. The maximum atomic E-state index is 12.0. The van der Waals surface area contributed by atoms with Crippen molar-refractivity contribution in [3.63, 3.8) is 0 Å². The average molecular weight is 387 g/mol. The largest absolute Gasteiger partial charge is 0.461 e. The van der Waals surface area contributed by atoms with Crippen LogP contribution < -0.4 is 5.32 Å². The van der Waals surface area contributed by atoms with Crippen molar-refractivity contribution in [2.45, 2.75) is 45.4 Å². The van der Waals surface area contributed by atoms with Crippen LogP contribution in [0.4, 0.5) is 4.79 Å². The number of amides is 1. The molecule has 146 valence electrons. The number of ether oxygens (including phenoxy) is 2. The molecule has 0 fully saturated rings. The smallest absolute Gasteiger partial charge is 0.407 e. The Morgan fingerprint density at radius 1 is 1.15 bits per heavy atom. The van der Waals surface area contributed by atoms with E-state index in [0.717, 1.165) is 11.8 Å². The van der Waals surface area contributed by atoms with Gasteiger partial charge in [0.05, 0.1) is 25.3 Å². The lowest BCUT2D eigenvalue weighted by molar-refractivity contribution is -0.145. The van der Waals surface area contributed by atoms with E-state index in [2.05, 4.69) is 9.50 Å². The lowest BCUT2D eigenvalue weighted by Gasteiger charge is -2.23. The third kappa shape index (κ3) is 10.7. The highest BCUT2D eigenvalue weighted by Gasteiger charge is 2.23. The Morgan fingerprint density at radius 3 is 2.31 bits per heavy atom. The molecule has 1 aromatic carbocycles. The Kier molecular flexibility index (Phi) is 8.04. The number of hydrogen-bond acceptors (Lipinski definition) is 7. The second kappa shape index (κ2) is 9.54. The van der Waals surface area contributed by atoms with E-state index >= 15 is 0 Å². The van der Waals surface area contributed by atoms with E-state index in [0.29, 0.717) is 0 Å². The normalized spacial score (nSPS) is 12.9. The van der Waals surface area contributed by atoms with Crippen LogP contribution >= 0.6 is 0 Å². The van der Waals surface area contributed by atoms with E-state index in [1.54, 1.807) is 32.9 Å². The highest BCUT2D eigenvalue weighted by atomic mass is 32.2. The van der Waals surface area contributed by atoms with Gasteiger partial charge in [0.15, 0.2) is 0 Å². The van der Waals surface area contributed by atoms with Crippen LogP contribution in [0.1, 0.15) is 32.8 Å². The van der Waals surface area contributed by atoms with Crippen molar-refractivity contribution < 1.29 is 31.7 Å². The molecule has 0 aliphatic carbocycles. The Hall–Kier alpha value is -2.13. The second-order valence-electron chi connectivity index (χ2n) is 6.68. The van der Waals surface area contributed by atoms with Gasteiger partial charge in [0, 0.05) is 0 Å². The third-order valence-corrected chi connectivity index (χ3v) is 3.42. The summed E-state index contributed by atoms with van der Waals surface area (Å²) in [5, 5.41) is 2.42. The minimum atomic E-state index is -3.73. The van der Waals surface area contributed by atoms with E-state index in [9.17, 15) is 18.0 Å². The van der Waals surface area contributed by atoms with Gasteiger partial charge in [0.1, 0.15) is 12.2 Å². The van der Waals surface area contributed by atoms with Crippen LogP contribution in [0.25, 0.3) is 0 Å². The topological polar surface area (TPSA) is 108 Å². The number of carbonyl (C=O) groups excluding carboxylic acids is 2. The molecule has 0 aliphatic heterocycles. The van der Waals surface area contributed by atoms with Crippen LogP contribution in [0, 0.1) is 0 Å². The summed E-state index contributed by atoms with van der Waals surface area (Å²) in [5.41, 5.74) is 0.0741. The summed E-state index contributed by atoms with van der Waals surface area (Å²) in [5.74, 6) is -0.605. The van der Waals surface area contributed by atoms with E-state index in [-0.39, 0.29) is 13.0 Å². The number of esters is 1. The maximum Gasteiger partial charge on any atom is 0.407 e. The Morgan fingerprint density at radius 2 is 1.77 bits per heavy atom. The molecule has 26 heavy (non-hydrogen) atoms. The molecule has 0 radical (unpaired) electrons. The van der Waals surface area contributed by atoms with Crippen molar-refractivity contribution in [2.75, 3.05) is 12.9 Å². The molecule has 0 heterocycles. The van der Waals surface area contributed by atoms with Crippen molar-refractivity contribution >= 4 is 22.2 Å². The zero-order valence-corrected chi connectivity index (χ0v) is 16.2. The van der Waals surface area contributed by atoms with E-state index in [4.69, 9.17) is 9.47 Å². The monoisotopic (exact) mass is 387 g/mol. The molecular weight excluding hydrogens is 362 g/mol. The van der Waals surface area contributed by atoms with Crippen LogP contribution in [-0.4, -0.2) is 45.0 Å². The van der Waals surface area contributed by atoms with Gasteiger partial charge in [-0.15, -0.1) is 0 Å². The fourth-order valence-electron chi connectivity index (χ4n) is 1.83. The number of alkyl carbamates (subject to hydrolysis) is 1. The molecular formula is C17H25NO7S. The number of rotatable bonds is 8. The second-order valence-corrected chi connectivity index (χ2v) is 8.33. The van der Waals surface area contributed by atoms with Gasteiger partial charge in [-0.1, -0.05) is 30.3 Å². The van der Waals surface area contributed by atoms with Gasteiger partial charge in [-0.2, -0.15) is 8.42 Å². The highest BCUT2D eigenvalue weighted by molar-refractivity contribution is 7.85. The Labute approximate surface area is 153 Å². The van der Waals surface area contributed by atoms with E-state index in [1.807, 2.05) is 18.2 Å². The molecule has 0 unspecified atom stereocenters. The molecule has 0 aliphatic rings. The highest BCUT2D eigenvalue weighted by Crippen LogP contribution is 2.09. The zero-order valence-electron chi connectivity index (χ0n) is 15.4. The zero-order chi connectivity index (χ0) is 19.8. The van der Waals surface area contributed by atoms with Crippen LogP contribution in [0.15, 0.2) is 30.3 Å². The SMILES string of the molecule is CC(C)(C)OC(=O)N[C@@H](COS(C)(=O)=O)CC(=O)OCc1ccccc1. The predicted octanol–water partition coefficient (Wildman–Crippen LogP) is 1.99. The Balaban J connectivity index is 2.61. The lowest BCUT2D eigenvalue weighted by Crippen LogP contribution is -2.43. The molecule has 1 atom stereocenters. The molecule has 1 amide bonds. The first-order chi connectivity index (χ1) is 11.9. The predicted molar refractivity (Wildman–Crippen MR) is 94.8 cm³/mol. The molecule has 0 spiro atoms. The van der Waals surface area contributed by atoms with E-state index in [1.165, 1.54) is 0 Å². The van der Waals surface area contributed by atoms with Gasteiger partial charge < -0.3 is 14.8 Å². The number of benzene rings is 1. The van der Waals surface area contributed by atoms with Crippen molar-refractivity contribution in [3.05, 3.63) is 35.9 Å². The lowest BCUT2D eigenvalue weighted by atomic mass is 10.2. The Bertz CT molecular complexity index is 696. The van der Waals surface area contributed by atoms with Crippen molar-refractivity contribution in [1.82, 2.24) is 5.32 Å². The molecule has 1 rings (SSSR count). The molecule has 1 aromatic rings. The molecule has 0 saturated heterocycles. The van der Waals surface area contributed by atoms with Gasteiger partial charge >= 0.3 is 12.1 Å². The van der Waals surface area contributed by atoms with Crippen molar-refractivity contribution in [2.24, 2.45) is 0 Å². The standard InChI is InChI=1S/C17H25NO7S/c1-17(2,3)25-16(20)18-14(12-24-26(4,21)22)10-15(19)23-11-13-8-6-5-7-9-13/h5-9,14H,10-12H2,1-4H3,(H,18,20)/t14-/m1/s1. The summed E-state index contributed by atoms with van der Waals surface area (Å²) in [7, 11) is -3.73. The molecule has 0 saturated carbocycles. The first-order valence-electron chi connectivity index (χ1n) is 7.98. The summed E-state index contributed by atoms with van der Waals surface area (Å²) in [6.07, 6.45) is -0.164. The summed E-state index contributed by atoms with van der Waals surface area (Å²) < 4.78 is 37.2. The minimum absolute atomic E-state index is 0.0752. The summed E-state index contributed by atoms with van der Waals surface area (Å²) in [4.78, 5) is 23.9. The quantitative estimate of drug-likeness (QED) is 0.537. The first kappa shape index (κ1) is 21.9. The maximum absolute atomic E-state index is 12.0. The van der Waals surface area contributed by atoms with E-state index < -0.39 is 40.4 Å². The summed E-state index contributed by atoms with van der Waals surface area (Å²) in [6, 6.07) is 8.16. The molecule has 1 N–H and O–H groups in total. The number of carbonyl (C=O) groups is 2. The average Bonchev–Trinajstić information content (AvgIpc) is 2.49.